The third kappa shape index (κ3) is 2.93. The molecule has 0 aliphatic heterocycles. The van der Waals surface area contributed by atoms with Crippen LogP contribution in [0.1, 0.15) is 25.7 Å². The topological polar surface area (TPSA) is 59.4 Å². The minimum Gasteiger partial charge on any atom is -0.481 e. The van der Waals surface area contributed by atoms with Crippen LogP contribution in [0.2, 0.25) is 0 Å². The Morgan fingerprint density at radius 1 is 1.41 bits per heavy atom. The summed E-state index contributed by atoms with van der Waals surface area (Å²) < 4.78 is 18.2. The van der Waals surface area contributed by atoms with Crippen LogP contribution in [-0.4, -0.2) is 22.2 Å². The van der Waals surface area contributed by atoms with Crippen molar-refractivity contribution in [1.82, 2.24) is 4.98 Å². The Kier molecular flexibility index (Phi) is 3.56. The molecular formula is C12H14FNO3. The van der Waals surface area contributed by atoms with Crippen LogP contribution in [0.25, 0.3) is 0 Å². The number of aliphatic carboxylic acids is 1. The summed E-state index contributed by atoms with van der Waals surface area (Å²) >= 11 is 0. The van der Waals surface area contributed by atoms with Crippen molar-refractivity contribution >= 4 is 5.97 Å². The molecule has 0 amide bonds. The number of carboxylic acid groups (broad SMARTS) is 1. The summed E-state index contributed by atoms with van der Waals surface area (Å²) in [5.41, 5.74) is 0. The van der Waals surface area contributed by atoms with Crippen LogP contribution in [0.15, 0.2) is 18.3 Å². The second kappa shape index (κ2) is 5.12. The van der Waals surface area contributed by atoms with Crippen molar-refractivity contribution in [3.8, 4) is 5.88 Å². The zero-order chi connectivity index (χ0) is 12.3. The van der Waals surface area contributed by atoms with Crippen LogP contribution < -0.4 is 4.74 Å². The van der Waals surface area contributed by atoms with E-state index in [1.165, 1.54) is 12.1 Å². The van der Waals surface area contributed by atoms with Gasteiger partial charge in [-0.1, -0.05) is 6.42 Å². The van der Waals surface area contributed by atoms with Gasteiger partial charge in [0.2, 0.25) is 5.88 Å². The molecule has 2 unspecified atom stereocenters. The number of nitrogens with zero attached hydrogens (tertiary/aromatic N) is 1. The Labute approximate surface area is 98.4 Å². The molecular weight excluding hydrogens is 225 g/mol. The maximum absolute atomic E-state index is 12.7. The van der Waals surface area contributed by atoms with Crippen LogP contribution in [0.4, 0.5) is 4.39 Å². The number of rotatable bonds is 3. The Hall–Kier alpha value is -1.65. The predicted molar refractivity (Wildman–Crippen MR) is 58.2 cm³/mol. The SMILES string of the molecule is O=C(O)C1CCCCC1Oc1ccc(F)cn1. The molecule has 17 heavy (non-hydrogen) atoms. The smallest absolute Gasteiger partial charge is 0.310 e. The highest BCUT2D eigenvalue weighted by molar-refractivity contribution is 5.70. The first kappa shape index (κ1) is 11.8. The largest absolute Gasteiger partial charge is 0.481 e. The van der Waals surface area contributed by atoms with Crippen molar-refractivity contribution in [3.05, 3.63) is 24.1 Å². The van der Waals surface area contributed by atoms with E-state index < -0.39 is 17.7 Å². The van der Waals surface area contributed by atoms with Gasteiger partial charge in [0.25, 0.3) is 0 Å². The van der Waals surface area contributed by atoms with Crippen molar-refractivity contribution in [2.75, 3.05) is 0 Å². The summed E-state index contributed by atoms with van der Waals surface area (Å²) in [6.45, 7) is 0. The molecule has 1 heterocycles. The first-order valence-corrected chi connectivity index (χ1v) is 5.68. The van der Waals surface area contributed by atoms with Gasteiger partial charge in [-0.3, -0.25) is 4.79 Å². The molecule has 1 aliphatic rings. The summed E-state index contributed by atoms with van der Waals surface area (Å²) in [7, 11) is 0. The summed E-state index contributed by atoms with van der Waals surface area (Å²) in [5.74, 6) is -1.48. The highest BCUT2D eigenvalue weighted by Gasteiger charge is 2.32. The predicted octanol–water partition coefficient (Wildman–Crippen LogP) is 2.24. The molecule has 2 rings (SSSR count). The Morgan fingerprint density at radius 3 is 2.82 bits per heavy atom. The molecule has 1 aromatic rings. The molecule has 5 heteroatoms. The highest BCUT2D eigenvalue weighted by atomic mass is 19.1. The van der Waals surface area contributed by atoms with E-state index in [-0.39, 0.29) is 12.0 Å². The zero-order valence-corrected chi connectivity index (χ0v) is 9.30. The van der Waals surface area contributed by atoms with Gasteiger partial charge in [-0.2, -0.15) is 0 Å². The standard InChI is InChI=1S/C12H14FNO3/c13-8-5-6-11(14-7-8)17-10-4-2-1-3-9(10)12(15)16/h5-7,9-10H,1-4H2,(H,15,16). The number of carbonyl (C=O) groups is 1. The number of carboxylic acids is 1. The maximum Gasteiger partial charge on any atom is 0.310 e. The van der Waals surface area contributed by atoms with Crippen molar-refractivity contribution in [3.63, 3.8) is 0 Å². The van der Waals surface area contributed by atoms with E-state index in [0.29, 0.717) is 12.8 Å². The lowest BCUT2D eigenvalue weighted by Gasteiger charge is -2.28. The van der Waals surface area contributed by atoms with Crippen molar-refractivity contribution in [2.24, 2.45) is 5.92 Å². The average Bonchev–Trinajstić information content (AvgIpc) is 2.32. The molecule has 1 N–H and O–H groups in total. The van der Waals surface area contributed by atoms with E-state index in [1.54, 1.807) is 0 Å². The molecule has 0 aromatic carbocycles. The van der Waals surface area contributed by atoms with Gasteiger partial charge in [0.05, 0.1) is 12.1 Å². The number of halogens is 1. The Balaban J connectivity index is 2.05. The summed E-state index contributed by atoms with van der Waals surface area (Å²) in [6.07, 6.45) is 3.90. The van der Waals surface area contributed by atoms with Crippen molar-refractivity contribution < 1.29 is 19.0 Å². The monoisotopic (exact) mass is 239 g/mol. The fraction of sp³-hybridized carbons (Fsp3) is 0.500. The Morgan fingerprint density at radius 2 is 2.18 bits per heavy atom. The van der Waals surface area contributed by atoms with Crippen molar-refractivity contribution in [1.29, 1.82) is 0 Å². The van der Waals surface area contributed by atoms with Gasteiger partial charge in [0, 0.05) is 6.07 Å². The molecule has 2 atom stereocenters. The Bertz CT molecular complexity index is 393. The minimum atomic E-state index is -0.836. The normalized spacial score (nSPS) is 24.3. The quantitative estimate of drug-likeness (QED) is 0.878. The van der Waals surface area contributed by atoms with E-state index >= 15 is 0 Å². The van der Waals surface area contributed by atoms with Crippen LogP contribution >= 0.6 is 0 Å². The number of pyridine rings is 1. The third-order valence-electron chi connectivity index (χ3n) is 2.99. The lowest BCUT2D eigenvalue weighted by molar-refractivity contribution is -0.146. The first-order valence-electron chi connectivity index (χ1n) is 5.68. The van der Waals surface area contributed by atoms with Crippen LogP contribution in [0.3, 0.4) is 0 Å². The lowest BCUT2D eigenvalue weighted by Crippen LogP contribution is -2.35. The van der Waals surface area contributed by atoms with E-state index in [9.17, 15) is 9.18 Å². The van der Waals surface area contributed by atoms with Gasteiger partial charge in [-0.05, 0) is 25.3 Å². The average molecular weight is 239 g/mol. The van der Waals surface area contributed by atoms with E-state index in [0.717, 1.165) is 19.0 Å². The zero-order valence-electron chi connectivity index (χ0n) is 9.30. The molecule has 4 nitrogen and oxygen atoms in total. The van der Waals surface area contributed by atoms with Gasteiger partial charge >= 0.3 is 5.97 Å². The van der Waals surface area contributed by atoms with E-state index in [2.05, 4.69) is 4.98 Å². The number of hydrogen-bond acceptors (Lipinski definition) is 3. The first-order chi connectivity index (χ1) is 8.16. The molecule has 1 saturated carbocycles. The van der Waals surface area contributed by atoms with Gasteiger partial charge in [0.15, 0.2) is 0 Å². The molecule has 0 radical (unpaired) electrons. The van der Waals surface area contributed by atoms with Gasteiger partial charge in [-0.25, -0.2) is 9.37 Å². The highest BCUT2D eigenvalue weighted by Crippen LogP contribution is 2.28. The molecule has 0 spiro atoms. The molecule has 1 fully saturated rings. The molecule has 1 aromatic heterocycles. The second-order valence-corrected chi connectivity index (χ2v) is 4.20. The van der Waals surface area contributed by atoms with E-state index in [1.807, 2.05) is 0 Å². The minimum absolute atomic E-state index is 0.282. The van der Waals surface area contributed by atoms with Gasteiger partial charge < -0.3 is 9.84 Å². The van der Waals surface area contributed by atoms with Gasteiger partial charge in [-0.15, -0.1) is 0 Å². The van der Waals surface area contributed by atoms with Crippen molar-refractivity contribution in [2.45, 2.75) is 31.8 Å². The molecule has 0 saturated heterocycles. The van der Waals surface area contributed by atoms with Crippen LogP contribution in [0.5, 0.6) is 5.88 Å². The molecule has 0 bridgehead atoms. The van der Waals surface area contributed by atoms with Gasteiger partial charge in [0.1, 0.15) is 11.9 Å². The maximum atomic E-state index is 12.7. The molecule has 1 aliphatic carbocycles. The third-order valence-corrected chi connectivity index (χ3v) is 2.99. The fourth-order valence-electron chi connectivity index (χ4n) is 2.11. The summed E-state index contributed by atoms with van der Waals surface area (Å²) in [4.78, 5) is 14.8. The molecule has 92 valence electrons. The number of hydrogen-bond donors (Lipinski definition) is 1. The summed E-state index contributed by atoms with van der Waals surface area (Å²) in [5, 5.41) is 9.07. The summed E-state index contributed by atoms with van der Waals surface area (Å²) in [6, 6.07) is 2.67. The fourth-order valence-corrected chi connectivity index (χ4v) is 2.11. The van der Waals surface area contributed by atoms with Crippen LogP contribution in [0, 0.1) is 11.7 Å². The van der Waals surface area contributed by atoms with E-state index in [4.69, 9.17) is 9.84 Å². The number of ether oxygens (including phenoxy) is 1. The van der Waals surface area contributed by atoms with Crippen LogP contribution in [-0.2, 0) is 4.79 Å². The number of aromatic nitrogens is 1. The second-order valence-electron chi connectivity index (χ2n) is 4.20. The lowest BCUT2D eigenvalue weighted by atomic mass is 9.86.